The molecule has 18 heavy (non-hydrogen) atoms. The molecule has 1 aliphatic rings. The lowest BCUT2D eigenvalue weighted by atomic mass is 9.78. The molecule has 0 aromatic heterocycles. The first kappa shape index (κ1) is 15.5. The lowest BCUT2D eigenvalue weighted by Gasteiger charge is -2.39. The molecule has 1 aliphatic heterocycles. The van der Waals surface area contributed by atoms with Gasteiger partial charge >= 0.3 is 0 Å². The van der Waals surface area contributed by atoms with Crippen molar-refractivity contribution in [3.8, 4) is 0 Å². The van der Waals surface area contributed by atoms with Crippen molar-refractivity contribution >= 4 is 5.91 Å². The van der Waals surface area contributed by atoms with E-state index in [4.69, 9.17) is 0 Å². The van der Waals surface area contributed by atoms with Gasteiger partial charge in [-0.3, -0.25) is 4.79 Å². The summed E-state index contributed by atoms with van der Waals surface area (Å²) in [6.07, 6.45) is 7.88. The van der Waals surface area contributed by atoms with Gasteiger partial charge in [0.2, 0.25) is 5.91 Å². The predicted octanol–water partition coefficient (Wildman–Crippen LogP) is 4.24. The summed E-state index contributed by atoms with van der Waals surface area (Å²) in [6, 6.07) is 0. The molecule has 0 N–H and O–H groups in total. The van der Waals surface area contributed by atoms with E-state index < -0.39 is 0 Å². The quantitative estimate of drug-likeness (QED) is 0.648. The van der Waals surface area contributed by atoms with Crippen LogP contribution in [0.4, 0.5) is 0 Å². The fourth-order valence-corrected chi connectivity index (χ4v) is 2.64. The van der Waals surface area contributed by atoms with Crippen LogP contribution in [0.1, 0.15) is 72.6 Å². The Bertz CT molecular complexity index is 252. The summed E-state index contributed by atoms with van der Waals surface area (Å²) in [6.45, 7) is 11.1. The average molecular weight is 253 g/mol. The van der Waals surface area contributed by atoms with Gasteiger partial charge in [0.25, 0.3) is 0 Å². The van der Waals surface area contributed by atoms with Gasteiger partial charge in [-0.05, 0) is 30.6 Å². The molecule has 0 saturated carbocycles. The van der Waals surface area contributed by atoms with Crippen molar-refractivity contribution in [2.75, 3.05) is 13.1 Å². The molecule has 2 heteroatoms. The molecule has 0 aliphatic carbocycles. The van der Waals surface area contributed by atoms with Crippen LogP contribution < -0.4 is 0 Å². The van der Waals surface area contributed by atoms with E-state index in [9.17, 15) is 4.79 Å². The number of hydrogen-bond donors (Lipinski definition) is 0. The number of unbranched alkanes of at least 4 members (excludes halogenated alkanes) is 1. The monoisotopic (exact) mass is 253 g/mol. The first-order valence-electron chi connectivity index (χ1n) is 7.74. The Balaban J connectivity index is 2.20. The van der Waals surface area contributed by atoms with Gasteiger partial charge in [-0.2, -0.15) is 0 Å². The van der Waals surface area contributed by atoms with E-state index in [0.29, 0.717) is 11.3 Å². The van der Waals surface area contributed by atoms with E-state index >= 15 is 0 Å². The van der Waals surface area contributed by atoms with E-state index in [-0.39, 0.29) is 0 Å². The fourth-order valence-electron chi connectivity index (χ4n) is 2.64. The smallest absolute Gasteiger partial charge is 0.222 e. The van der Waals surface area contributed by atoms with Crippen molar-refractivity contribution in [2.45, 2.75) is 72.6 Å². The molecule has 1 amide bonds. The first-order valence-corrected chi connectivity index (χ1v) is 7.74. The Kier molecular flexibility index (Phi) is 6.17. The number of piperidine rings is 1. The van der Waals surface area contributed by atoms with Crippen molar-refractivity contribution in [1.29, 1.82) is 0 Å². The molecule has 0 aromatic rings. The van der Waals surface area contributed by atoms with E-state index in [1.165, 1.54) is 32.1 Å². The summed E-state index contributed by atoms with van der Waals surface area (Å²) >= 11 is 0. The van der Waals surface area contributed by atoms with Gasteiger partial charge in [-0.25, -0.2) is 0 Å². The number of carbonyl (C=O) groups is 1. The highest BCUT2D eigenvalue weighted by atomic mass is 16.2. The van der Waals surface area contributed by atoms with Gasteiger partial charge in [0.05, 0.1) is 0 Å². The number of hydrogen-bond acceptors (Lipinski definition) is 1. The predicted molar refractivity (Wildman–Crippen MR) is 77.5 cm³/mol. The summed E-state index contributed by atoms with van der Waals surface area (Å²) in [5.74, 6) is 1.15. The van der Waals surface area contributed by atoms with Crippen LogP contribution in [0.3, 0.4) is 0 Å². The van der Waals surface area contributed by atoms with Gasteiger partial charge in [-0.1, -0.05) is 47.0 Å². The van der Waals surface area contributed by atoms with Crippen LogP contribution >= 0.6 is 0 Å². The number of likely N-dealkylation sites (tertiary alicyclic amines) is 1. The molecule has 1 saturated heterocycles. The van der Waals surface area contributed by atoms with Crippen LogP contribution in [0.2, 0.25) is 0 Å². The molecule has 1 fully saturated rings. The molecule has 0 spiro atoms. The SMILES string of the molecule is CCC1(C)CCN(C(=O)CCCCC(C)C)CC1. The second-order valence-electron chi connectivity index (χ2n) is 6.68. The lowest BCUT2D eigenvalue weighted by molar-refractivity contribution is -0.133. The number of rotatable bonds is 6. The van der Waals surface area contributed by atoms with Crippen molar-refractivity contribution in [2.24, 2.45) is 11.3 Å². The third-order valence-electron chi connectivity index (χ3n) is 4.60. The van der Waals surface area contributed by atoms with Gasteiger partial charge in [0.1, 0.15) is 0 Å². The summed E-state index contributed by atoms with van der Waals surface area (Å²) in [7, 11) is 0. The third-order valence-corrected chi connectivity index (χ3v) is 4.60. The Morgan fingerprint density at radius 2 is 1.83 bits per heavy atom. The summed E-state index contributed by atoms with van der Waals surface area (Å²) in [5, 5.41) is 0. The van der Waals surface area contributed by atoms with Crippen molar-refractivity contribution in [1.82, 2.24) is 4.90 Å². The lowest BCUT2D eigenvalue weighted by Crippen LogP contribution is -2.41. The maximum atomic E-state index is 12.1. The highest BCUT2D eigenvalue weighted by Crippen LogP contribution is 2.34. The summed E-state index contributed by atoms with van der Waals surface area (Å²) < 4.78 is 0. The van der Waals surface area contributed by atoms with Gasteiger partial charge in [-0.15, -0.1) is 0 Å². The summed E-state index contributed by atoms with van der Waals surface area (Å²) in [5.41, 5.74) is 0.481. The third kappa shape index (κ3) is 4.99. The molecule has 1 rings (SSSR count). The van der Waals surface area contributed by atoms with E-state index in [1.807, 2.05) is 0 Å². The molecule has 0 unspecified atom stereocenters. The van der Waals surface area contributed by atoms with Crippen molar-refractivity contribution < 1.29 is 4.79 Å². The van der Waals surface area contributed by atoms with E-state index in [1.54, 1.807) is 0 Å². The standard InChI is InChI=1S/C16H31NO/c1-5-16(4)10-12-17(13-11-16)15(18)9-7-6-8-14(2)3/h14H,5-13H2,1-4H3. The molecule has 2 nitrogen and oxygen atoms in total. The molecular formula is C16H31NO. The molecule has 0 radical (unpaired) electrons. The van der Waals surface area contributed by atoms with Gasteiger partial charge in [0, 0.05) is 19.5 Å². The average Bonchev–Trinajstić information content (AvgIpc) is 2.35. The Morgan fingerprint density at radius 1 is 1.22 bits per heavy atom. The van der Waals surface area contributed by atoms with Gasteiger partial charge in [0.15, 0.2) is 0 Å². The minimum Gasteiger partial charge on any atom is -0.343 e. The minimum absolute atomic E-state index is 0.386. The second kappa shape index (κ2) is 7.16. The molecule has 1 heterocycles. The second-order valence-corrected chi connectivity index (χ2v) is 6.68. The topological polar surface area (TPSA) is 20.3 Å². The maximum Gasteiger partial charge on any atom is 0.222 e. The van der Waals surface area contributed by atoms with E-state index in [2.05, 4.69) is 32.6 Å². The highest BCUT2D eigenvalue weighted by molar-refractivity contribution is 5.76. The Morgan fingerprint density at radius 3 is 2.33 bits per heavy atom. The molecule has 106 valence electrons. The van der Waals surface area contributed by atoms with Crippen LogP contribution in [0, 0.1) is 11.3 Å². The van der Waals surface area contributed by atoms with Gasteiger partial charge < -0.3 is 4.90 Å². The van der Waals surface area contributed by atoms with Crippen LogP contribution in [0.15, 0.2) is 0 Å². The van der Waals surface area contributed by atoms with Crippen molar-refractivity contribution in [3.05, 3.63) is 0 Å². The fraction of sp³-hybridized carbons (Fsp3) is 0.938. The maximum absolute atomic E-state index is 12.1. The van der Waals surface area contributed by atoms with E-state index in [0.717, 1.165) is 31.8 Å². The number of carbonyl (C=O) groups excluding carboxylic acids is 1. The zero-order valence-electron chi connectivity index (χ0n) is 12.8. The molecule has 0 bridgehead atoms. The van der Waals surface area contributed by atoms with Crippen molar-refractivity contribution in [3.63, 3.8) is 0 Å². The largest absolute Gasteiger partial charge is 0.343 e. The number of amides is 1. The number of nitrogens with zero attached hydrogens (tertiary/aromatic N) is 1. The minimum atomic E-state index is 0.386. The highest BCUT2D eigenvalue weighted by Gasteiger charge is 2.29. The molecule has 0 aromatic carbocycles. The first-order chi connectivity index (χ1) is 8.47. The van der Waals surface area contributed by atoms with Crippen LogP contribution in [-0.4, -0.2) is 23.9 Å². The Labute approximate surface area is 113 Å². The zero-order chi connectivity index (χ0) is 13.6. The van der Waals surface area contributed by atoms with Crippen LogP contribution in [-0.2, 0) is 4.79 Å². The van der Waals surface area contributed by atoms with Crippen LogP contribution in [0.25, 0.3) is 0 Å². The molecular weight excluding hydrogens is 222 g/mol. The molecule has 0 atom stereocenters. The zero-order valence-corrected chi connectivity index (χ0v) is 12.8. The summed E-state index contributed by atoms with van der Waals surface area (Å²) in [4.78, 5) is 14.2. The normalized spacial score (nSPS) is 19.3. The van der Waals surface area contributed by atoms with Crippen LogP contribution in [0.5, 0.6) is 0 Å². The Hall–Kier alpha value is -0.530.